The second-order valence-corrected chi connectivity index (χ2v) is 8.98. The van der Waals surface area contributed by atoms with Crippen molar-refractivity contribution < 1.29 is 36.3 Å². The highest BCUT2D eigenvalue weighted by molar-refractivity contribution is 6.10. The third-order valence-corrected chi connectivity index (χ3v) is 5.59. The van der Waals surface area contributed by atoms with Crippen LogP contribution in [0.3, 0.4) is 0 Å². The van der Waals surface area contributed by atoms with Crippen LogP contribution in [0, 0.1) is 35.0 Å². The van der Waals surface area contributed by atoms with Crippen LogP contribution < -0.4 is 15.4 Å². The van der Waals surface area contributed by atoms with E-state index >= 15 is 0 Å². The number of benzene rings is 3. The molecule has 0 aliphatic rings. The minimum atomic E-state index is -2.38. The lowest BCUT2D eigenvalue weighted by atomic mass is 10.1. The van der Waals surface area contributed by atoms with Crippen molar-refractivity contribution in [2.45, 2.75) is 20.4 Å². The van der Waals surface area contributed by atoms with E-state index in [4.69, 9.17) is 4.74 Å². The van der Waals surface area contributed by atoms with Crippen LogP contribution in [0.2, 0.25) is 0 Å². The standard InChI is InChI=1S/C28H22F5N3O3/c1-14(2)13-39-19-11-18(27(37)34-12-15-7-4-3-5-8-15)35-26-16(19)9-6-10-17(26)36-28(38)20-21(29)23(31)25(33)24(32)22(20)30/h3-11,14H,12-13H2,1-2H3,(H,34,37)(H,36,38). The fraction of sp³-hybridized carbons (Fsp3) is 0.179. The predicted octanol–water partition coefficient (Wildman–Crippen LogP) is 6.15. The number of anilines is 1. The molecule has 0 unspecified atom stereocenters. The zero-order chi connectivity index (χ0) is 28.3. The van der Waals surface area contributed by atoms with Crippen LogP contribution in [-0.4, -0.2) is 23.4 Å². The van der Waals surface area contributed by atoms with Gasteiger partial charge >= 0.3 is 0 Å². The number of hydrogen-bond acceptors (Lipinski definition) is 4. The molecule has 202 valence electrons. The number of carbonyl (C=O) groups excluding carboxylic acids is 2. The maximum atomic E-state index is 14.2. The van der Waals surface area contributed by atoms with Crippen molar-refractivity contribution in [2.24, 2.45) is 5.92 Å². The molecule has 2 amide bonds. The summed E-state index contributed by atoms with van der Waals surface area (Å²) in [6.07, 6.45) is 0. The first-order chi connectivity index (χ1) is 18.6. The summed E-state index contributed by atoms with van der Waals surface area (Å²) in [5.74, 6) is -13.3. The first-order valence-electron chi connectivity index (χ1n) is 11.8. The molecule has 0 saturated carbocycles. The smallest absolute Gasteiger partial charge is 0.270 e. The summed E-state index contributed by atoms with van der Waals surface area (Å²) >= 11 is 0. The molecule has 6 nitrogen and oxygen atoms in total. The summed E-state index contributed by atoms with van der Waals surface area (Å²) in [5.41, 5.74) is -1.06. The largest absolute Gasteiger partial charge is 0.493 e. The molecule has 1 aromatic heterocycles. The number of ether oxygens (including phenoxy) is 1. The molecule has 0 saturated heterocycles. The van der Waals surface area contributed by atoms with Gasteiger partial charge in [-0.15, -0.1) is 0 Å². The number of aromatic nitrogens is 1. The van der Waals surface area contributed by atoms with Gasteiger partial charge in [0.15, 0.2) is 23.3 Å². The highest BCUT2D eigenvalue weighted by atomic mass is 19.2. The summed E-state index contributed by atoms with van der Waals surface area (Å²) in [4.78, 5) is 30.0. The van der Waals surface area contributed by atoms with Gasteiger partial charge in [0.2, 0.25) is 5.82 Å². The number of carbonyl (C=O) groups is 2. The van der Waals surface area contributed by atoms with Gasteiger partial charge in [-0.05, 0) is 23.6 Å². The van der Waals surface area contributed by atoms with Crippen LogP contribution in [0.1, 0.15) is 40.3 Å². The Balaban J connectivity index is 1.74. The maximum Gasteiger partial charge on any atom is 0.270 e. The molecule has 39 heavy (non-hydrogen) atoms. The van der Waals surface area contributed by atoms with E-state index in [0.717, 1.165) is 5.56 Å². The molecule has 4 rings (SSSR count). The summed E-state index contributed by atoms with van der Waals surface area (Å²) < 4.78 is 75.1. The normalized spacial score (nSPS) is 11.1. The van der Waals surface area contributed by atoms with Gasteiger partial charge in [-0.2, -0.15) is 0 Å². The Kier molecular flexibility index (Phi) is 8.08. The lowest BCUT2D eigenvalue weighted by molar-refractivity contribution is 0.0945. The maximum absolute atomic E-state index is 14.2. The number of hydrogen-bond donors (Lipinski definition) is 2. The zero-order valence-corrected chi connectivity index (χ0v) is 20.7. The summed E-state index contributed by atoms with van der Waals surface area (Å²) in [5, 5.41) is 5.22. The second kappa shape index (κ2) is 11.5. The van der Waals surface area contributed by atoms with Crippen molar-refractivity contribution in [1.29, 1.82) is 0 Å². The van der Waals surface area contributed by atoms with Gasteiger partial charge in [-0.3, -0.25) is 9.59 Å². The molecule has 0 aliphatic heterocycles. The number of para-hydroxylation sites is 1. The molecular weight excluding hydrogens is 521 g/mol. The molecule has 1 heterocycles. The first-order valence-corrected chi connectivity index (χ1v) is 11.8. The average Bonchev–Trinajstić information content (AvgIpc) is 2.93. The Bertz CT molecular complexity index is 1530. The first kappa shape index (κ1) is 27.5. The van der Waals surface area contributed by atoms with E-state index < -0.39 is 46.5 Å². The number of fused-ring (bicyclic) bond motifs is 1. The second-order valence-electron chi connectivity index (χ2n) is 8.98. The fourth-order valence-electron chi connectivity index (χ4n) is 3.67. The summed E-state index contributed by atoms with van der Waals surface area (Å²) in [7, 11) is 0. The van der Waals surface area contributed by atoms with Crippen LogP contribution in [0.15, 0.2) is 54.6 Å². The molecule has 0 bridgehead atoms. The Hall–Kier alpha value is -4.54. The van der Waals surface area contributed by atoms with Crippen molar-refractivity contribution in [3.8, 4) is 5.75 Å². The van der Waals surface area contributed by atoms with Crippen LogP contribution in [0.4, 0.5) is 27.6 Å². The zero-order valence-electron chi connectivity index (χ0n) is 20.7. The number of nitrogens with zero attached hydrogens (tertiary/aromatic N) is 1. The van der Waals surface area contributed by atoms with Gasteiger partial charge in [0.25, 0.3) is 11.8 Å². The van der Waals surface area contributed by atoms with Gasteiger partial charge in [0.05, 0.1) is 17.8 Å². The number of amides is 2. The third kappa shape index (κ3) is 5.82. The highest BCUT2D eigenvalue weighted by Crippen LogP contribution is 2.32. The molecule has 0 fully saturated rings. The van der Waals surface area contributed by atoms with Gasteiger partial charge in [0, 0.05) is 18.0 Å². The Morgan fingerprint density at radius 1 is 0.846 bits per heavy atom. The Morgan fingerprint density at radius 3 is 2.13 bits per heavy atom. The van der Waals surface area contributed by atoms with Crippen molar-refractivity contribution >= 4 is 28.4 Å². The van der Waals surface area contributed by atoms with E-state index in [0.29, 0.717) is 5.39 Å². The predicted molar refractivity (Wildman–Crippen MR) is 134 cm³/mol. The minimum Gasteiger partial charge on any atom is -0.493 e. The van der Waals surface area contributed by atoms with Gasteiger partial charge in [-0.25, -0.2) is 26.9 Å². The molecule has 4 aromatic rings. The van der Waals surface area contributed by atoms with Crippen LogP contribution in [-0.2, 0) is 6.54 Å². The number of rotatable bonds is 8. The lowest BCUT2D eigenvalue weighted by Gasteiger charge is -2.16. The van der Waals surface area contributed by atoms with E-state index in [-0.39, 0.29) is 41.7 Å². The number of halogens is 5. The minimum absolute atomic E-state index is 0.000777. The van der Waals surface area contributed by atoms with E-state index in [1.165, 1.54) is 18.2 Å². The Morgan fingerprint density at radius 2 is 1.49 bits per heavy atom. The van der Waals surface area contributed by atoms with Gasteiger partial charge < -0.3 is 15.4 Å². The monoisotopic (exact) mass is 543 g/mol. The number of nitrogens with one attached hydrogen (secondary N) is 2. The van der Waals surface area contributed by atoms with E-state index in [9.17, 15) is 31.5 Å². The van der Waals surface area contributed by atoms with Gasteiger partial charge in [-0.1, -0.05) is 50.2 Å². The molecule has 0 spiro atoms. The topological polar surface area (TPSA) is 80.3 Å². The molecular formula is C28H22F5N3O3. The summed E-state index contributed by atoms with van der Waals surface area (Å²) in [6, 6.07) is 14.9. The van der Waals surface area contributed by atoms with E-state index in [1.807, 2.05) is 44.2 Å². The van der Waals surface area contributed by atoms with Crippen molar-refractivity contribution in [3.63, 3.8) is 0 Å². The molecule has 3 aromatic carbocycles. The highest BCUT2D eigenvalue weighted by Gasteiger charge is 2.30. The SMILES string of the molecule is CC(C)COc1cc(C(=O)NCc2ccccc2)nc2c(NC(=O)c3c(F)c(F)c(F)c(F)c3F)cccc12. The van der Waals surface area contributed by atoms with Crippen molar-refractivity contribution in [1.82, 2.24) is 10.3 Å². The van der Waals surface area contributed by atoms with Crippen molar-refractivity contribution in [3.05, 3.63) is 101 Å². The quantitative estimate of drug-likeness (QED) is 0.159. The van der Waals surface area contributed by atoms with E-state index in [2.05, 4.69) is 15.6 Å². The Labute approximate surface area is 219 Å². The lowest BCUT2D eigenvalue weighted by Crippen LogP contribution is -2.24. The molecule has 0 atom stereocenters. The number of pyridine rings is 1. The summed E-state index contributed by atoms with van der Waals surface area (Å²) in [6.45, 7) is 4.28. The molecule has 0 radical (unpaired) electrons. The van der Waals surface area contributed by atoms with Crippen LogP contribution in [0.25, 0.3) is 10.9 Å². The molecule has 11 heteroatoms. The van der Waals surface area contributed by atoms with E-state index in [1.54, 1.807) is 6.07 Å². The van der Waals surface area contributed by atoms with Crippen LogP contribution >= 0.6 is 0 Å². The van der Waals surface area contributed by atoms with Crippen LogP contribution in [0.5, 0.6) is 5.75 Å². The molecule has 0 aliphatic carbocycles. The third-order valence-electron chi connectivity index (χ3n) is 5.59. The van der Waals surface area contributed by atoms with Crippen molar-refractivity contribution in [2.75, 3.05) is 11.9 Å². The average molecular weight is 543 g/mol. The molecule has 2 N–H and O–H groups in total. The van der Waals surface area contributed by atoms with Gasteiger partial charge in [0.1, 0.15) is 17.0 Å². The fourth-order valence-corrected chi connectivity index (χ4v) is 3.67.